The average molecular weight is 225 g/mol. The Bertz CT molecular complexity index is 810. The molecule has 0 saturated heterocycles. The SMILES string of the molecule is c1ccc2c(c1)[nH]c1ccc3sccc3[n+]12. The summed E-state index contributed by atoms with van der Waals surface area (Å²) in [5.41, 5.74) is 4.84. The highest BCUT2D eigenvalue weighted by atomic mass is 32.1. The molecule has 0 aliphatic heterocycles. The molecule has 1 aromatic carbocycles. The minimum atomic E-state index is 1.15. The first-order valence-electron chi connectivity index (χ1n) is 5.22. The Morgan fingerprint density at radius 2 is 1.88 bits per heavy atom. The molecule has 0 saturated carbocycles. The molecule has 0 amide bonds. The zero-order valence-electron chi connectivity index (χ0n) is 8.47. The topological polar surface area (TPSA) is 19.9 Å². The number of para-hydroxylation sites is 2. The molecule has 2 nitrogen and oxygen atoms in total. The van der Waals surface area contributed by atoms with Crippen molar-refractivity contribution < 1.29 is 4.40 Å². The molecule has 76 valence electrons. The lowest BCUT2D eigenvalue weighted by molar-refractivity contribution is -0.449. The standard InChI is InChI=1S/C13H8N2S/c1-2-4-10-9(3-1)14-13-6-5-12-11(15(10)13)7-8-16-12/h1-8H/p+1. The van der Waals surface area contributed by atoms with Gasteiger partial charge in [0.2, 0.25) is 0 Å². The van der Waals surface area contributed by atoms with Crippen LogP contribution in [0.1, 0.15) is 0 Å². The number of nitrogens with zero attached hydrogens (tertiary/aromatic N) is 1. The van der Waals surface area contributed by atoms with E-state index in [0.717, 1.165) is 5.65 Å². The zero-order valence-corrected chi connectivity index (χ0v) is 9.29. The van der Waals surface area contributed by atoms with Crippen LogP contribution in [0.15, 0.2) is 47.8 Å². The maximum atomic E-state index is 3.43. The first kappa shape index (κ1) is 8.30. The van der Waals surface area contributed by atoms with Crippen molar-refractivity contribution >= 4 is 38.2 Å². The van der Waals surface area contributed by atoms with Crippen LogP contribution in [0, 0.1) is 0 Å². The van der Waals surface area contributed by atoms with E-state index < -0.39 is 0 Å². The van der Waals surface area contributed by atoms with Crippen molar-refractivity contribution in [3.63, 3.8) is 0 Å². The van der Waals surface area contributed by atoms with Gasteiger partial charge in [0.15, 0.2) is 16.6 Å². The Hall–Kier alpha value is -1.87. The summed E-state index contributed by atoms with van der Waals surface area (Å²) < 4.78 is 3.60. The van der Waals surface area contributed by atoms with Crippen LogP contribution in [0.25, 0.3) is 26.9 Å². The van der Waals surface area contributed by atoms with E-state index in [-0.39, 0.29) is 0 Å². The maximum absolute atomic E-state index is 3.43. The van der Waals surface area contributed by atoms with Gasteiger partial charge in [-0.2, -0.15) is 4.40 Å². The van der Waals surface area contributed by atoms with E-state index in [0.29, 0.717) is 0 Å². The van der Waals surface area contributed by atoms with Crippen LogP contribution in [-0.2, 0) is 0 Å². The summed E-state index contributed by atoms with van der Waals surface area (Å²) >= 11 is 1.78. The quantitative estimate of drug-likeness (QED) is 0.444. The number of rotatable bonds is 0. The van der Waals surface area contributed by atoms with Crippen LogP contribution >= 0.6 is 11.3 Å². The summed E-state index contributed by atoms with van der Waals surface area (Å²) in [6.45, 7) is 0. The number of aromatic nitrogens is 2. The Morgan fingerprint density at radius 1 is 0.938 bits per heavy atom. The lowest BCUT2D eigenvalue weighted by Crippen LogP contribution is -2.19. The van der Waals surface area contributed by atoms with Crippen molar-refractivity contribution in [1.29, 1.82) is 0 Å². The summed E-state index contributed by atoms with van der Waals surface area (Å²) in [7, 11) is 0. The molecule has 1 N–H and O–H groups in total. The number of H-pyrrole nitrogens is 1. The Balaban J connectivity index is 2.42. The third-order valence-electron chi connectivity index (χ3n) is 2.96. The molecule has 3 aromatic heterocycles. The van der Waals surface area contributed by atoms with E-state index in [1.54, 1.807) is 11.3 Å². The molecule has 0 radical (unpaired) electrons. The second-order valence-electron chi connectivity index (χ2n) is 3.87. The lowest BCUT2D eigenvalue weighted by Gasteiger charge is -1.89. The zero-order chi connectivity index (χ0) is 10.5. The van der Waals surface area contributed by atoms with Crippen molar-refractivity contribution in [3.05, 3.63) is 47.8 Å². The van der Waals surface area contributed by atoms with E-state index >= 15 is 0 Å². The Morgan fingerprint density at radius 3 is 2.88 bits per heavy atom. The van der Waals surface area contributed by atoms with Gasteiger partial charge in [-0.25, -0.2) is 4.98 Å². The van der Waals surface area contributed by atoms with Gasteiger partial charge >= 0.3 is 0 Å². The van der Waals surface area contributed by atoms with E-state index in [1.807, 2.05) is 0 Å². The van der Waals surface area contributed by atoms with E-state index in [9.17, 15) is 0 Å². The number of pyridine rings is 1. The third kappa shape index (κ3) is 0.933. The van der Waals surface area contributed by atoms with Gasteiger partial charge in [0.25, 0.3) is 5.65 Å². The molecule has 0 aliphatic carbocycles. The summed E-state index contributed by atoms with van der Waals surface area (Å²) in [6.07, 6.45) is 0. The fraction of sp³-hybridized carbons (Fsp3) is 0. The first-order valence-corrected chi connectivity index (χ1v) is 6.10. The lowest BCUT2D eigenvalue weighted by atomic mass is 10.3. The van der Waals surface area contributed by atoms with Crippen molar-refractivity contribution in [2.75, 3.05) is 0 Å². The van der Waals surface area contributed by atoms with E-state index in [1.165, 1.54) is 21.3 Å². The van der Waals surface area contributed by atoms with Gasteiger partial charge < -0.3 is 0 Å². The highest BCUT2D eigenvalue weighted by Gasteiger charge is 2.14. The fourth-order valence-corrected chi connectivity index (χ4v) is 3.02. The predicted octanol–water partition coefficient (Wildman–Crippen LogP) is 3.12. The van der Waals surface area contributed by atoms with Crippen LogP contribution in [0.3, 0.4) is 0 Å². The molecule has 4 rings (SSSR count). The Kier molecular flexibility index (Phi) is 1.47. The van der Waals surface area contributed by atoms with Gasteiger partial charge in [-0.1, -0.05) is 12.1 Å². The third-order valence-corrected chi connectivity index (χ3v) is 3.83. The fourth-order valence-electron chi connectivity index (χ4n) is 2.25. The van der Waals surface area contributed by atoms with Gasteiger partial charge in [-0.3, -0.25) is 0 Å². The Labute approximate surface area is 95.8 Å². The van der Waals surface area contributed by atoms with Crippen molar-refractivity contribution in [2.45, 2.75) is 0 Å². The first-order chi connectivity index (χ1) is 7.93. The molecule has 4 aromatic rings. The number of benzene rings is 1. The van der Waals surface area contributed by atoms with Crippen molar-refractivity contribution in [3.8, 4) is 0 Å². The minimum Gasteiger partial charge on any atom is -0.237 e. The van der Waals surface area contributed by atoms with Gasteiger partial charge in [-0.05, 0) is 29.6 Å². The van der Waals surface area contributed by atoms with Crippen molar-refractivity contribution in [2.24, 2.45) is 0 Å². The summed E-state index contributed by atoms with van der Waals surface area (Å²) in [5.74, 6) is 0. The largest absolute Gasteiger partial charge is 0.285 e. The molecule has 0 unspecified atom stereocenters. The number of hydrogen-bond donors (Lipinski definition) is 1. The molecular formula is C13H9N2S+. The summed E-state index contributed by atoms with van der Waals surface area (Å²) in [6, 6.07) is 14.9. The summed E-state index contributed by atoms with van der Waals surface area (Å²) in [5, 5.41) is 2.14. The second-order valence-corrected chi connectivity index (χ2v) is 4.81. The van der Waals surface area contributed by atoms with Crippen LogP contribution in [-0.4, -0.2) is 4.98 Å². The van der Waals surface area contributed by atoms with Crippen LogP contribution < -0.4 is 4.40 Å². The molecule has 0 bridgehead atoms. The molecule has 0 aliphatic rings. The molecule has 3 heteroatoms. The van der Waals surface area contributed by atoms with Crippen LogP contribution in [0.4, 0.5) is 0 Å². The maximum Gasteiger partial charge on any atom is 0.285 e. The normalized spacial score (nSPS) is 11.8. The molecule has 0 atom stereocenters. The van der Waals surface area contributed by atoms with E-state index in [4.69, 9.17) is 0 Å². The smallest absolute Gasteiger partial charge is 0.237 e. The second kappa shape index (κ2) is 2.83. The number of imidazole rings is 1. The highest BCUT2D eigenvalue weighted by Crippen LogP contribution is 2.20. The highest BCUT2D eigenvalue weighted by molar-refractivity contribution is 7.17. The van der Waals surface area contributed by atoms with Crippen LogP contribution in [0.2, 0.25) is 0 Å². The number of aromatic amines is 1. The van der Waals surface area contributed by atoms with Gasteiger partial charge in [0, 0.05) is 6.07 Å². The molecule has 16 heavy (non-hydrogen) atoms. The number of fused-ring (bicyclic) bond motifs is 5. The average Bonchev–Trinajstić information content (AvgIpc) is 2.91. The van der Waals surface area contributed by atoms with Crippen molar-refractivity contribution in [1.82, 2.24) is 4.98 Å². The predicted molar refractivity (Wildman–Crippen MR) is 66.8 cm³/mol. The number of nitrogens with one attached hydrogen (secondary N) is 1. The monoisotopic (exact) mass is 225 g/mol. The minimum absolute atomic E-state index is 1.15. The number of thiophene rings is 1. The van der Waals surface area contributed by atoms with Gasteiger partial charge in [-0.15, -0.1) is 11.3 Å². The van der Waals surface area contributed by atoms with Crippen LogP contribution in [0.5, 0.6) is 0 Å². The molecule has 0 spiro atoms. The number of hydrogen-bond acceptors (Lipinski definition) is 1. The van der Waals surface area contributed by atoms with E-state index in [2.05, 4.69) is 57.2 Å². The summed E-state index contributed by atoms with van der Waals surface area (Å²) in [4.78, 5) is 3.43. The van der Waals surface area contributed by atoms with Gasteiger partial charge in [0.1, 0.15) is 0 Å². The molecule has 3 heterocycles. The molecular weight excluding hydrogens is 216 g/mol. The van der Waals surface area contributed by atoms with Gasteiger partial charge in [0.05, 0.1) is 4.70 Å². The molecule has 0 fully saturated rings.